The second kappa shape index (κ2) is 7.44. The Bertz CT molecular complexity index is 1010. The minimum absolute atomic E-state index is 0.189. The lowest BCUT2D eigenvalue weighted by atomic mass is 9.95. The topological polar surface area (TPSA) is 66.7 Å². The molecule has 1 saturated carbocycles. The van der Waals surface area contributed by atoms with Gasteiger partial charge in [0.2, 0.25) is 0 Å². The van der Waals surface area contributed by atoms with Crippen molar-refractivity contribution in [3.63, 3.8) is 0 Å². The van der Waals surface area contributed by atoms with Crippen molar-refractivity contribution in [2.24, 2.45) is 0 Å². The van der Waals surface area contributed by atoms with Gasteiger partial charge in [-0.2, -0.15) is 0 Å². The molecule has 0 aromatic carbocycles. The highest BCUT2D eigenvalue weighted by molar-refractivity contribution is 8.26. The number of carbonyl (C=O) groups is 1. The molecule has 4 rings (SSSR count). The van der Waals surface area contributed by atoms with E-state index < -0.39 is 0 Å². The number of thioether (sulfide) groups is 1. The molecule has 0 radical (unpaired) electrons. The van der Waals surface area contributed by atoms with Crippen molar-refractivity contribution < 1.29 is 4.79 Å². The Morgan fingerprint density at radius 1 is 1.26 bits per heavy atom. The van der Waals surface area contributed by atoms with Crippen LogP contribution in [0, 0.1) is 0 Å². The lowest BCUT2D eigenvalue weighted by Crippen LogP contribution is -2.27. The predicted molar refractivity (Wildman–Crippen MR) is 113 cm³/mol. The molecular formula is C19H20N4O2S2. The number of pyridine rings is 1. The van der Waals surface area contributed by atoms with Crippen LogP contribution in [-0.4, -0.2) is 37.6 Å². The van der Waals surface area contributed by atoms with Crippen LogP contribution in [0.15, 0.2) is 34.1 Å². The van der Waals surface area contributed by atoms with E-state index in [0.717, 1.165) is 12.8 Å². The van der Waals surface area contributed by atoms with Gasteiger partial charge in [0.1, 0.15) is 15.8 Å². The van der Waals surface area contributed by atoms with Gasteiger partial charge in [-0.15, -0.1) is 0 Å². The molecule has 1 aliphatic carbocycles. The van der Waals surface area contributed by atoms with Crippen molar-refractivity contribution in [1.29, 1.82) is 0 Å². The molecule has 0 atom stereocenters. The van der Waals surface area contributed by atoms with Crippen LogP contribution in [0.2, 0.25) is 0 Å². The number of likely N-dealkylation sites (N-methyl/N-ethyl adjacent to an activating group) is 1. The van der Waals surface area contributed by atoms with Crippen molar-refractivity contribution in [2.45, 2.75) is 38.1 Å². The SMILES string of the molecule is CN1C(=O)C(=Cc2c(NC3CCCCC3)nc3ccccn3c2=O)SC1=S. The van der Waals surface area contributed by atoms with E-state index in [9.17, 15) is 9.59 Å². The van der Waals surface area contributed by atoms with Gasteiger partial charge >= 0.3 is 0 Å². The number of fused-ring (bicyclic) bond motifs is 1. The van der Waals surface area contributed by atoms with E-state index in [4.69, 9.17) is 12.2 Å². The summed E-state index contributed by atoms with van der Waals surface area (Å²) in [5, 5.41) is 3.46. The van der Waals surface area contributed by atoms with Gasteiger partial charge in [-0.25, -0.2) is 4.98 Å². The molecule has 1 saturated heterocycles. The molecule has 2 aromatic rings. The number of amides is 1. The highest BCUT2D eigenvalue weighted by Gasteiger charge is 2.30. The van der Waals surface area contributed by atoms with Crippen LogP contribution in [0.1, 0.15) is 37.7 Å². The van der Waals surface area contributed by atoms with Crippen molar-refractivity contribution in [3.8, 4) is 0 Å². The fourth-order valence-electron chi connectivity index (χ4n) is 3.46. The Balaban J connectivity index is 1.82. The summed E-state index contributed by atoms with van der Waals surface area (Å²) in [6.07, 6.45) is 9.04. The second-order valence-electron chi connectivity index (χ2n) is 6.83. The molecule has 0 spiro atoms. The lowest BCUT2D eigenvalue weighted by Gasteiger charge is -2.24. The summed E-state index contributed by atoms with van der Waals surface area (Å²) in [4.78, 5) is 32.1. The third-order valence-corrected chi connectivity index (χ3v) is 6.46. The molecule has 27 heavy (non-hydrogen) atoms. The number of nitrogens with zero attached hydrogens (tertiary/aromatic N) is 3. The number of nitrogens with one attached hydrogen (secondary N) is 1. The average Bonchev–Trinajstić information content (AvgIpc) is 2.92. The Hall–Kier alpha value is -2.19. The Labute approximate surface area is 166 Å². The number of aromatic nitrogens is 2. The molecule has 140 valence electrons. The van der Waals surface area contributed by atoms with Gasteiger partial charge in [0.15, 0.2) is 0 Å². The van der Waals surface area contributed by atoms with Gasteiger partial charge < -0.3 is 5.32 Å². The van der Waals surface area contributed by atoms with Crippen LogP contribution >= 0.6 is 24.0 Å². The maximum atomic E-state index is 13.1. The molecule has 0 unspecified atom stereocenters. The summed E-state index contributed by atoms with van der Waals surface area (Å²) in [6, 6.07) is 5.75. The van der Waals surface area contributed by atoms with Crippen LogP contribution in [0.25, 0.3) is 11.7 Å². The normalized spacial score (nSPS) is 20.0. The summed E-state index contributed by atoms with van der Waals surface area (Å²) in [5.41, 5.74) is 0.791. The monoisotopic (exact) mass is 400 g/mol. The third-order valence-electron chi connectivity index (χ3n) is 4.98. The van der Waals surface area contributed by atoms with Crippen LogP contribution in [0.4, 0.5) is 5.82 Å². The van der Waals surface area contributed by atoms with Gasteiger partial charge in [0.05, 0.1) is 10.5 Å². The van der Waals surface area contributed by atoms with Crippen molar-refractivity contribution in [1.82, 2.24) is 14.3 Å². The lowest BCUT2D eigenvalue weighted by molar-refractivity contribution is -0.121. The zero-order valence-corrected chi connectivity index (χ0v) is 16.6. The number of hydrogen-bond donors (Lipinski definition) is 1. The van der Waals surface area contributed by atoms with Crippen molar-refractivity contribution in [2.75, 3.05) is 12.4 Å². The highest BCUT2D eigenvalue weighted by atomic mass is 32.2. The summed E-state index contributed by atoms with van der Waals surface area (Å²) in [6.45, 7) is 0. The summed E-state index contributed by atoms with van der Waals surface area (Å²) < 4.78 is 1.99. The molecule has 1 aliphatic heterocycles. The molecular weight excluding hydrogens is 380 g/mol. The maximum Gasteiger partial charge on any atom is 0.267 e. The van der Waals surface area contributed by atoms with Crippen LogP contribution < -0.4 is 10.9 Å². The van der Waals surface area contributed by atoms with Gasteiger partial charge in [-0.1, -0.05) is 49.3 Å². The molecule has 3 heterocycles. The molecule has 1 N–H and O–H groups in total. The quantitative estimate of drug-likeness (QED) is 0.630. The fraction of sp³-hybridized carbons (Fsp3) is 0.368. The highest BCUT2D eigenvalue weighted by Crippen LogP contribution is 2.32. The van der Waals surface area contributed by atoms with Crippen LogP contribution in [0.5, 0.6) is 0 Å². The van der Waals surface area contributed by atoms with E-state index in [1.807, 2.05) is 12.1 Å². The second-order valence-corrected chi connectivity index (χ2v) is 8.50. The fourth-order valence-corrected chi connectivity index (χ4v) is 4.62. The minimum atomic E-state index is -0.194. The summed E-state index contributed by atoms with van der Waals surface area (Å²) in [5.74, 6) is 0.352. The predicted octanol–water partition coefficient (Wildman–Crippen LogP) is 3.27. The molecule has 2 aliphatic rings. The molecule has 2 fully saturated rings. The van der Waals surface area contributed by atoms with E-state index >= 15 is 0 Å². The van der Waals surface area contributed by atoms with Gasteiger partial charge in [-0.05, 0) is 31.1 Å². The first-order chi connectivity index (χ1) is 13.0. The van der Waals surface area contributed by atoms with E-state index in [-0.39, 0.29) is 11.5 Å². The standard InChI is InChI=1S/C19H20N4O2S2/c1-22-18(25)14(27-19(22)26)11-13-16(20-12-7-3-2-4-8-12)21-15-9-5-6-10-23(15)17(13)24/h5-6,9-12,20H,2-4,7-8H2,1H3. The number of rotatable bonds is 3. The van der Waals surface area contributed by atoms with Gasteiger partial charge in [0.25, 0.3) is 11.5 Å². The maximum absolute atomic E-state index is 13.1. The van der Waals surface area contributed by atoms with E-state index in [1.165, 1.54) is 40.3 Å². The number of carbonyl (C=O) groups excluding carboxylic acids is 1. The average molecular weight is 401 g/mol. The van der Waals surface area contributed by atoms with E-state index in [2.05, 4.69) is 10.3 Å². The van der Waals surface area contributed by atoms with E-state index in [0.29, 0.717) is 32.3 Å². The first kappa shape index (κ1) is 18.2. The third kappa shape index (κ3) is 3.51. The zero-order valence-electron chi connectivity index (χ0n) is 15.0. The number of anilines is 1. The van der Waals surface area contributed by atoms with E-state index in [1.54, 1.807) is 25.4 Å². The molecule has 1 amide bonds. The molecule has 8 heteroatoms. The summed E-state index contributed by atoms with van der Waals surface area (Å²) >= 11 is 6.41. The smallest absolute Gasteiger partial charge is 0.267 e. The van der Waals surface area contributed by atoms with Crippen molar-refractivity contribution in [3.05, 3.63) is 45.2 Å². The van der Waals surface area contributed by atoms with Gasteiger partial charge in [0, 0.05) is 19.3 Å². The van der Waals surface area contributed by atoms with Gasteiger partial charge in [-0.3, -0.25) is 18.9 Å². The van der Waals surface area contributed by atoms with Crippen molar-refractivity contribution >= 4 is 51.7 Å². The van der Waals surface area contributed by atoms with Crippen LogP contribution in [0.3, 0.4) is 0 Å². The first-order valence-corrected chi connectivity index (χ1v) is 10.3. The number of hydrogen-bond acceptors (Lipinski definition) is 6. The molecule has 2 aromatic heterocycles. The molecule has 0 bridgehead atoms. The van der Waals surface area contributed by atoms with Crippen LogP contribution in [-0.2, 0) is 4.79 Å². The Morgan fingerprint density at radius 2 is 2.04 bits per heavy atom. The first-order valence-electron chi connectivity index (χ1n) is 9.04. The minimum Gasteiger partial charge on any atom is -0.367 e. The largest absolute Gasteiger partial charge is 0.367 e. The molecule has 6 nitrogen and oxygen atoms in total. The Kier molecular flexibility index (Phi) is 5.01. The summed E-state index contributed by atoms with van der Waals surface area (Å²) in [7, 11) is 1.64. The number of thiocarbonyl (C=S) groups is 1. The Morgan fingerprint density at radius 3 is 2.74 bits per heavy atom. The zero-order chi connectivity index (χ0) is 19.0.